The third-order valence-electron chi connectivity index (χ3n) is 2.68. The molecule has 1 aromatic carbocycles. The highest BCUT2D eigenvalue weighted by atomic mass is 16.6. The number of hydrogen-bond donors (Lipinski definition) is 2. The molecule has 0 fully saturated rings. The first-order valence-electron chi connectivity index (χ1n) is 6.72. The van der Waals surface area contributed by atoms with Crippen LogP contribution in [-0.2, 0) is 16.1 Å². The van der Waals surface area contributed by atoms with Crippen molar-refractivity contribution in [2.75, 3.05) is 12.3 Å². The van der Waals surface area contributed by atoms with Gasteiger partial charge in [0, 0.05) is 23.4 Å². The van der Waals surface area contributed by atoms with Crippen LogP contribution >= 0.6 is 0 Å². The number of aliphatic carboxylic acids is 1. The second-order valence-electron chi connectivity index (χ2n) is 5.87. The summed E-state index contributed by atoms with van der Waals surface area (Å²) in [6, 6.07) is 3.77. The van der Waals surface area contributed by atoms with Crippen LogP contribution < -0.4 is 5.73 Å². The summed E-state index contributed by atoms with van der Waals surface area (Å²) in [7, 11) is 0. The van der Waals surface area contributed by atoms with Crippen molar-refractivity contribution in [3.63, 3.8) is 0 Å². The lowest BCUT2D eigenvalue weighted by Crippen LogP contribution is -2.39. The molecule has 0 radical (unpaired) electrons. The van der Waals surface area contributed by atoms with Crippen LogP contribution in [0.15, 0.2) is 18.2 Å². The van der Waals surface area contributed by atoms with Gasteiger partial charge in [-0.3, -0.25) is 19.8 Å². The Morgan fingerprint density at radius 2 is 2.00 bits per heavy atom. The molecule has 1 amide bonds. The van der Waals surface area contributed by atoms with E-state index in [0.29, 0.717) is 0 Å². The quantitative estimate of drug-likeness (QED) is 0.480. The van der Waals surface area contributed by atoms with Gasteiger partial charge in [0.05, 0.1) is 11.5 Å². The summed E-state index contributed by atoms with van der Waals surface area (Å²) in [6.07, 6.45) is -0.842. The molecule has 0 atom stereocenters. The maximum atomic E-state index is 12.1. The highest BCUT2D eigenvalue weighted by Crippen LogP contribution is 2.22. The summed E-state index contributed by atoms with van der Waals surface area (Å²) in [4.78, 5) is 34.2. The number of benzene rings is 1. The van der Waals surface area contributed by atoms with E-state index in [1.165, 1.54) is 18.2 Å². The van der Waals surface area contributed by atoms with Gasteiger partial charge in [0.15, 0.2) is 0 Å². The van der Waals surface area contributed by atoms with Crippen LogP contribution in [0, 0.1) is 10.1 Å². The molecule has 0 saturated carbocycles. The van der Waals surface area contributed by atoms with Gasteiger partial charge < -0.3 is 15.6 Å². The predicted molar refractivity (Wildman–Crippen MR) is 81.8 cm³/mol. The minimum Gasteiger partial charge on any atom is -0.480 e. The monoisotopic (exact) mass is 325 g/mol. The molecule has 1 aromatic rings. The van der Waals surface area contributed by atoms with Gasteiger partial charge in [0.25, 0.3) is 5.69 Å². The Balaban J connectivity index is 3.06. The number of amides is 1. The molecule has 0 bridgehead atoms. The van der Waals surface area contributed by atoms with E-state index in [0.717, 1.165) is 4.90 Å². The molecule has 0 saturated heterocycles. The average Bonchev–Trinajstić information content (AvgIpc) is 2.37. The Kier molecular flexibility index (Phi) is 5.50. The minimum atomic E-state index is -1.24. The first-order chi connectivity index (χ1) is 10.5. The van der Waals surface area contributed by atoms with E-state index in [9.17, 15) is 19.7 Å². The van der Waals surface area contributed by atoms with Crippen LogP contribution in [0.1, 0.15) is 26.3 Å². The first-order valence-corrected chi connectivity index (χ1v) is 6.72. The van der Waals surface area contributed by atoms with Crippen molar-refractivity contribution in [2.45, 2.75) is 32.9 Å². The van der Waals surface area contributed by atoms with E-state index < -0.39 is 29.1 Å². The zero-order chi connectivity index (χ0) is 17.8. The first kappa shape index (κ1) is 18.2. The second kappa shape index (κ2) is 6.95. The number of carboxylic acids is 1. The SMILES string of the molecule is CC(C)(C)OC(=O)N(CC(=O)O)Cc1cc([N+](=O)[O-])ccc1N. The molecular formula is C14H19N3O6. The number of carboxylic acid groups (broad SMARTS) is 1. The Hall–Kier alpha value is -2.84. The van der Waals surface area contributed by atoms with Crippen LogP contribution in [0.2, 0.25) is 0 Å². The van der Waals surface area contributed by atoms with E-state index in [1.807, 2.05) is 0 Å². The molecule has 0 aliphatic heterocycles. The van der Waals surface area contributed by atoms with Crippen molar-refractivity contribution < 1.29 is 24.4 Å². The molecule has 9 nitrogen and oxygen atoms in total. The molecule has 0 spiro atoms. The maximum absolute atomic E-state index is 12.1. The lowest BCUT2D eigenvalue weighted by Gasteiger charge is -2.26. The Labute approximate surface area is 132 Å². The fraction of sp³-hybridized carbons (Fsp3) is 0.429. The standard InChI is InChI=1S/C14H19N3O6/c1-14(2,3)23-13(20)16(8-12(18)19)7-9-6-10(17(21)22)4-5-11(9)15/h4-6H,7-8,15H2,1-3H3,(H,18,19). The molecule has 0 aliphatic carbocycles. The van der Waals surface area contributed by atoms with Gasteiger partial charge in [0.1, 0.15) is 12.1 Å². The van der Waals surface area contributed by atoms with E-state index in [1.54, 1.807) is 20.8 Å². The number of hydrogen-bond acceptors (Lipinski definition) is 6. The number of nitrogens with two attached hydrogens (primary N) is 1. The number of rotatable bonds is 5. The Bertz CT molecular complexity index is 623. The number of anilines is 1. The summed E-state index contributed by atoms with van der Waals surface area (Å²) < 4.78 is 5.14. The zero-order valence-corrected chi connectivity index (χ0v) is 13.1. The van der Waals surface area contributed by atoms with Crippen molar-refractivity contribution in [3.8, 4) is 0 Å². The van der Waals surface area contributed by atoms with Crippen molar-refractivity contribution in [3.05, 3.63) is 33.9 Å². The number of nitrogens with zero attached hydrogens (tertiary/aromatic N) is 2. The molecule has 0 aromatic heterocycles. The number of carbonyl (C=O) groups is 2. The van der Waals surface area contributed by atoms with E-state index >= 15 is 0 Å². The summed E-state index contributed by atoms with van der Waals surface area (Å²) in [5, 5.41) is 19.7. The smallest absolute Gasteiger partial charge is 0.411 e. The van der Waals surface area contributed by atoms with Gasteiger partial charge in [-0.1, -0.05) is 0 Å². The third-order valence-corrected chi connectivity index (χ3v) is 2.68. The lowest BCUT2D eigenvalue weighted by molar-refractivity contribution is -0.384. The van der Waals surface area contributed by atoms with Crippen LogP contribution in [-0.4, -0.2) is 39.1 Å². The highest BCUT2D eigenvalue weighted by Gasteiger charge is 2.25. The maximum Gasteiger partial charge on any atom is 0.411 e. The fourth-order valence-corrected chi connectivity index (χ4v) is 1.72. The van der Waals surface area contributed by atoms with Gasteiger partial charge in [-0.25, -0.2) is 4.79 Å². The number of nitro benzene ring substituents is 1. The summed E-state index contributed by atoms with van der Waals surface area (Å²) in [5.41, 5.74) is 5.23. The van der Waals surface area contributed by atoms with E-state index in [4.69, 9.17) is 15.6 Å². The molecule has 3 N–H and O–H groups in total. The van der Waals surface area contributed by atoms with Gasteiger partial charge in [-0.15, -0.1) is 0 Å². The van der Waals surface area contributed by atoms with Gasteiger partial charge in [-0.05, 0) is 26.8 Å². The van der Waals surface area contributed by atoms with Gasteiger partial charge in [0.2, 0.25) is 0 Å². The van der Waals surface area contributed by atoms with Crippen molar-refractivity contribution in [1.29, 1.82) is 0 Å². The predicted octanol–water partition coefficient (Wildman–Crippen LogP) is 2.00. The van der Waals surface area contributed by atoms with E-state index in [2.05, 4.69) is 0 Å². The van der Waals surface area contributed by atoms with Crippen LogP contribution in [0.4, 0.5) is 16.2 Å². The highest BCUT2D eigenvalue weighted by molar-refractivity contribution is 5.77. The molecule has 0 unspecified atom stereocenters. The van der Waals surface area contributed by atoms with Crippen LogP contribution in [0.5, 0.6) is 0 Å². The van der Waals surface area contributed by atoms with Gasteiger partial charge >= 0.3 is 12.1 Å². The number of nitro groups is 1. The zero-order valence-electron chi connectivity index (χ0n) is 13.1. The Morgan fingerprint density at radius 1 is 1.39 bits per heavy atom. The van der Waals surface area contributed by atoms with Crippen molar-refractivity contribution >= 4 is 23.4 Å². The van der Waals surface area contributed by atoms with Gasteiger partial charge in [-0.2, -0.15) is 0 Å². The topological polar surface area (TPSA) is 136 Å². The normalized spacial score (nSPS) is 10.9. The average molecular weight is 325 g/mol. The van der Waals surface area contributed by atoms with Crippen molar-refractivity contribution in [1.82, 2.24) is 4.90 Å². The second-order valence-corrected chi connectivity index (χ2v) is 5.87. The summed E-state index contributed by atoms with van der Waals surface area (Å²) in [5.74, 6) is -1.24. The molecule has 0 aliphatic rings. The summed E-state index contributed by atoms with van der Waals surface area (Å²) >= 11 is 0. The molecule has 9 heteroatoms. The van der Waals surface area contributed by atoms with Crippen molar-refractivity contribution in [2.24, 2.45) is 0 Å². The van der Waals surface area contributed by atoms with E-state index in [-0.39, 0.29) is 23.5 Å². The van der Waals surface area contributed by atoms with Crippen LogP contribution in [0.3, 0.4) is 0 Å². The molecular weight excluding hydrogens is 306 g/mol. The lowest BCUT2D eigenvalue weighted by atomic mass is 10.1. The summed E-state index contributed by atoms with van der Waals surface area (Å²) in [6.45, 7) is 4.11. The Morgan fingerprint density at radius 3 is 2.48 bits per heavy atom. The number of nitrogen functional groups attached to an aromatic ring is 1. The molecule has 1 rings (SSSR count). The molecule has 23 heavy (non-hydrogen) atoms. The number of carbonyl (C=O) groups excluding carboxylic acids is 1. The number of non-ortho nitro benzene ring substituents is 1. The minimum absolute atomic E-state index is 0.200. The number of ether oxygens (including phenoxy) is 1. The fourth-order valence-electron chi connectivity index (χ4n) is 1.72. The third kappa shape index (κ3) is 5.81. The largest absolute Gasteiger partial charge is 0.480 e. The molecule has 126 valence electrons. The molecule has 0 heterocycles. The van der Waals surface area contributed by atoms with Crippen LogP contribution in [0.25, 0.3) is 0 Å².